The molecule has 0 spiro atoms. The Morgan fingerprint density at radius 2 is 2.32 bits per heavy atom. The molecule has 3 rings (SSSR count). The van der Waals surface area contributed by atoms with Crippen LogP contribution in [0, 0.1) is 0 Å². The molecule has 2 aromatic heterocycles. The van der Waals surface area contributed by atoms with Crippen molar-refractivity contribution in [1.82, 2.24) is 20.1 Å². The number of aromatic amines is 1. The number of methoxy groups -OCH3 is 1. The molecule has 1 atom stereocenters. The van der Waals surface area contributed by atoms with Crippen molar-refractivity contribution in [2.24, 2.45) is 5.73 Å². The van der Waals surface area contributed by atoms with E-state index in [2.05, 4.69) is 20.1 Å². The summed E-state index contributed by atoms with van der Waals surface area (Å²) in [4.78, 5) is 11.8. The van der Waals surface area contributed by atoms with Crippen molar-refractivity contribution in [3.8, 4) is 11.6 Å². The minimum Gasteiger partial charge on any atom is -0.374 e. The van der Waals surface area contributed by atoms with E-state index in [0.29, 0.717) is 17.4 Å². The second-order valence-corrected chi connectivity index (χ2v) is 4.99. The molecule has 0 bridgehead atoms. The van der Waals surface area contributed by atoms with Gasteiger partial charge >= 0.3 is 0 Å². The number of nitrogens with one attached hydrogen (secondary N) is 1. The van der Waals surface area contributed by atoms with E-state index in [1.807, 2.05) is 6.92 Å². The van der Waals surface area contributed by atoms with Gasteiger partial charge in [0, 0.05) is 7.11 Å². The SMILES string of the molecule is COC(C)c1noc(-c2cnc(C3(N)CCC3)[nH]2)n1. The third-order valence-corrected chi connectivity index (χ3v) is 3.68. The van der Waals surface area contributed by atoms with Crippen LogP contribution in [0.15, 0.2) is 10.7 Å². The lowest BCUT2D eigenvalue weighted by molar-refractivity contribution is 0.109. The summed E-state index contributed by atoms with van der Waals surface area (Å²) in [5.74, 6) is 1.70. The summed E-state index contributed by atoms with van der Waals surface area (Å²) < 4.78 is 10.3. The molecule has 0 saturated heterocycles. The Labute approximate surface area is 110 Å². The van der Waals surface area contributed by atoms with Crippen LogP contribution < -0.4 is 5.73 Å². The Kier molecular flexibility index (Phi) is 2.87. The molecule has 1 unspecified atom stereocenters. The van der Waals surface area contributed by atoms with Crippen LogP contribution in [0.1, 0.15) is 43.9 Å². The average Bonchev–Trinajstić information content (AvgIpc) is 3.03. The maximum absolute atomic E-state index is 6.21. The van der Waals surface area contributed by atoms with Gasteiger partial charge in [0.1, 0.15) is 17.6 Å². The molecular formula is C12H17N5O2. The third kappa shape index (κ3) is 2.04. The Bertz CT molecular complexity index is 572. The van der Waals surface area contributed by atoms with Crippen LogP contribution in [0.2, 0.25) is 0 Å². The normalized spacial score (nSPS) is 19.1. The molecule has 7 heteroatoms. The van der Waals surface area contributed by atoms with Crippen LogP contribution in [0.4, 0.5) is 0 Å². The van der Waals surface area contributed by atoms with Gasteiger partial charge in [-0.3, -0.25) is 0 Å². The van der Waals surface area contributed by atoms with Gasteiger partial charge in [-0.25, -0.2) is 4.98 Å². The Morgan fingerprint density at radius 3 is 2.95 bits per heavy atom. The van der Waals surface area contributed by atoms with E-state index in [-0.39, 0.29) is 11.6 Å². The van der Waals surface area contributed by atoms with E-state index in [1.165, 1.54) is 0 Å². The van der Waals surface area contributed by atoms with Crippen molar-refractivity contribution < 1.29 is 9.26 Å². The fourth-order valence-electron chi connectivity index (χ4n) is 2.09. The maximum atomic E-state index is 6.21. The Hall–Kier alpha value is -1.73. The van der Waals surface area contributed by atoms with Gasteiger partial charge in [0.15, 0.2) is 0 Å². The molecule has 0 aliphatic heterocycles. The summed E-state index contributed by atoms with van der Waals surface area (Å²) in [5, 5.41) is 3.88. The summed E-state index contributed by atoms with van der Waals surface area (Å²) in [5.41, 5.74) is 6.58. The van der Waals surface area contributed by atoms with Gasteiger partial charge in [-0.05, 0) is 26.2 Å². The lowest BCUT2D eigenvalue weighted by Crippen LogP contribution is -2.44. The van der Waals surface area contributed by atoms with Gasteiger partial charge in [-0.1, -0.05) is 5.16 Å². The van der Waals surface area contributed by atoms with Crippen LogP contribution in [0.5, 0.6) is 0 Å². The van der Waals surface area contributed by atoms with Crippen LogP contribution in [-0.4, -0.2) is 27.2 Å². The molecule has 19 heavy (non-hydrogen) atoms. The first-order chi connectivity index (χ1) is 9.12. The monoisotopic (exact) mass is 263 g/mol. The van der Waals surface area contributed by atoms with E-state index in [1.54, 1.807) is 13.3 Å². The highest BCUT2D eigenvalue weighted by Gasteiger charge is 2.37. The number of hydrogen-bond donors (Lipinski definition) is 2. The summed E-state index contributed by atoms with van der Waals surface area (Å²) in [6, 6.07) is 0. The van der Waals surface area contributed by atoms with Crippen molar-refractivity contribution in [2.45, 2.75) is 37.8 Å². The molecular weight excluding hydrogens is 246 g/mol. The number of ether oxygens (including phenoxy) is 1. The van der Waals surface area contributed by atoms with E-state index in [4.69, 9.17) is 15.0 Å². The zero-order valence-corrected chi connectivity index (χ0v) is 11.0. The first kappa shape index (κ1) is 12.3. The van der Waals surface area contributed by atoms with Gasteiger partial charge in [-0.15, -0.1) is 0 Å². The second-order valence-electron chi connectivity index (χ2n) is 4.99. The smallest absolute Gasteiger partial charge is 0.276 e. The van der Waals surface area contributed by atoms with Crippen molar-refractivity contribution in [3.05, 3.63) is 17.8 Å². The maximum Gasteiger partial charge on any atom is 0.276 e. The minimum absolute atomic E-state index is 0.202. The first-order valence-corrected chi connectivity index (χ1v) is 6.33. The molecule has 1 fully saturated rings. The predicted molar refractivity (Wildman–Crippen MR) is 67.0 cm³/mol. The van der Waals surface area contributed by atoms with E-state index >= 15 is 0 Å². The van der Waals surface area contributed by atoms with Gasteiger partial charge in [0.25, 0.3) is 5.89 Å². The molecule has 0 amide bonds. The fourth-order valence-corrected chi connectivity index (χ4v) is 2.09. The van der Waals surface area contributed by atoms with Crippen LogP contribution in [0.3, 0.4) is 0 Å². The second kappa shape index (κ2) is 4.43. The van der Waals surface area contributed by atoms with Gasteiger partial charge < -0.3 is 20.0 Å². The van der Waals surface area contributed by atoms with Crippen molar-refractivity contribution in [2.75, 3.05) is 7.11 Å². The highest BCUT2D eigenvalue weighted by atomic mass is 16.5. The fraction of sp³-hybridized carbons (Fsp3) is 0.583. The van der Waals surface area contributed by atoms with Gasteiger partial charge in [0.05, 0.1) is 11.7 Å². The van der Waals surface area contributed by atoms with E-state index in [9.17, 15) is 0 Å². The molecule has 0 radical (unpaired) electrons. The van der Waals surface area contributed by atoms with Gasteiger partial charge in [0.2, 0.25) is 5.82 Å². The topological polar surface area (TPSA) is 103 Å². The van der Waals surface area contributed by atoms with Crippen molar-refractivity contribution >= 4 is 0 Å². The molecule has 1 aliphatic rings. The van der Waals surface area contributed by atoms with Crippen LogP contribution in [0.25, 0.3) is 11.6 Å². The molecule has 2 aromatic rings. The number of nitrogens with two attached hydrogens (primary N) is 1. The van der Waals surface area contributed by atoms with Crippen LogP contribution in [-0.2, 0) is 10.3 Å². The largest absolute Gasteiger partial charge is 0.374 e. The molecule has 0 aromatic carbocycles. The zero-order valence-electron chi connectivity index (χ0n) is 11.0. The summed E-state index contributed by atoms with van der Waals surface area (Å²) in [6.45, 7) is 1.86. The number of aromatic nitrogens is 4. The van der Waals surface area contributed by atoms with E-state index in [0.717, 1.165) is 25.1 Å². The number of nitrogens with zero attached hydrogens (tertiary/aromatic N) is 3. The number of hydrogen-bond acceptors (Lipinski definition) is 6. The highest BCUT2D eigenvalue weighted by molar-refractivity contribution is 5.45. The molecule has 1 saturated carbocycles. The van der Waals surface area contributed by atoms with Crippen molar-refractivity contribution in [3.63, 3.8) is 0 Å². The molecule has 2 heterocycles. The third-order valence-electron chi connectivity index (χ3n) is 3.68. The molecule has 1 aliphatic carbocycles. The quantitative estimate of drug-likeness (QED) is 0.866. The minimum atomic E-state index is -0.319. The summed E-state index contributed by atoms with van der Waals surface area (Å²) in [6.07, 6.45) is 4.53. The Balaban J connectivity index is 1.84. The Morgan fingerprint density at radius 1 is 1.53 bits per heavy atom. The highest BCUT2D eigenvalue weighted by Crippen LogP contribution is 2.37. The predicted octanol–water partition coefficient (Wildman–Crippen LogP) is 1.50. The molecule has 7 nitrogen and oxygen atoms in total. The van der Waals surface area contributed by atoms with Crippen molar-refractivity contribution in [1.29, 1.82) is 0 Å². The lowest BCUT2D eigenvalue weighted by Gasteiger charge is -2.35. The average molecular weight is 263 g/mol. The molecule has 3 N–H and O–H groups in total. The lowest BCUT2D eigenvalue weighted by atomic mass is 9.77. The van der Waals surface area contributed by atoms with E-state index < -0.39 is 0 Å². The zero-order chi connectivity index (χ0) is 13.5. The molecule has 102 valence electrons. The summed E-state index contributed by atoms with van der Waals surface area (Å²) >= 11 is 0. The summed E-state index contributed by atoms with van der Waals surface area (Å²) in [7, 11) is 1.60. The number of rotatable bonds is 4. The number of H-pyrrole nitrogens is 1. The van der Waals surface area contributed by atoms with Gasteiger partial charge in [-0.2, -0.15) is 4.98 Å². The standard InChI is InChI=1S/C12H17N5O2/c1-7(18-2)9-16-10(19-17-9)8-6-14-11(15-8)12(13)4-3-5-12/h6-7H,3-5,13H2,1-2H3,(H,14,15). The van der Waals surface area contributed by atoms with Crippen LogP contribution >= 0.6 is 0 Å². The number of imidazole rings is 1. The first-order valence-electron chi connectivity index (χ1n) is 6.33.